The number of methoxy groups -OCH3 is 1. The zero-order valence-electron chi connectivity index (χ0n) is 16.2. The van der Waals surface area contributed by atoms with Crippen LogP contribution in [0.2, 0.25) is 0 Å². The smallest absolute Gasteiger partial charge is 0.119 e. The van der Waals surface area contributed by atoms with Crippen LogP contribution in [0.25, 0.3) is 21.8 Å². The highest BCUT2D eigenvalue weighted by atomic mass is 16.5. The molecule has 0 amide bonds. The third-order valence-corrected chi connectivity index (χ3v) is 4.95. The summed E-state index contributed by atoms with van der Waals surface area (Å²) in [4.78, 5) is 7.07. The van der Waals surface area contributed by atoms with Crippen molar-refractivity contribution in [2.75, 3.05) is 45.2 Å². The maximum Gasteiger partial charge on any atom is 0.119 e. The second kappa shape index (κ2) is 9.53. The third-order valence-electron chi connectivity index (χ3n) is 4.95. The van der Waals surface area contributed by atoms with Gasteiger partial charge in [-0.25, -0.2) is 4.98 Å². The van der Waals surface area contributed by atoms with Gasteiger partial charge in [-0.15, -0.1) is 0 Å². The lowest BCUT2D eigenvalue weighted by molar-refractivity contribution is 0.200. The quantitative estimate of drug-likeness (QED) is 0.420. The average Bonchev–Trinajstić information content (AvgIpc) is 2.71. The minimum Gasteiger partial charge on any atom is -0.497 e. The highest BCUT2D eigenvalue weighted by Crippen LogP contribution is 2.32. The molecule has 0 unspecified atom stereocenters. The number of aliphatic hydroxyl groups is 1. The average molecular weight is 367 g/mol. The first kappa shape index (κ1) is 19.4. The molecule has 5 heteroatoms. The first-order valence-electron chi connectivity index (χ1n) is 9.70. The number of aromatic nitrogens is 1. The van der Waals surface area contributed by atoms with E-state index in [-0.39, 0.29) is 6.61 Å². The fraction of sp³-hybridized carbons (Fsp3) is 0.409. The Bertz CT molecular complexity index is 882. The van der Waals surface area contributed by atoms with Crippen molar-refractivity contribution in [1.82, 2.24) is 9.88 Å². The number of para-hydroxylation sites is 1. The second-order valence-corrected chi connectivity index (χ2v) is 6.68. The van der Waals surface area contributed by atoms with Crippen LogP contribution in [0.15, 0.2) is 42.5 Å². The van der Waals surface area contributed by atoms with Gasteiger partial charge in [-0.1, -0.05) is 25.1 Å². The molecule has 2 aromatic carbocycles. The third kappa shape index (κ3) is 4.67. The van der Waals surface area contributed by atoms with Crippen molar-refractivity contribution in [3.63, 3.8) is 0 Å². The number of anilines is 1. The van der Waals surface area contributed by atoms with Crippen LogP contribution in [0.4, 0.5) is 5.69 Å². The van der Waals surface area contributed by atoms with Crippen molar-refractivity contribution in [1.29, 1.82) is 0 Å². The zero-order valence-corrected chi connectivity index (χ0v) is 16.2. The Morgan fingerprint density at radius 1 is 1.04 bits per heavy atom. The Morgan fingerprint density at radius 3 is 2.63 bits per heavy atom. The van der Waals surface area contributed by atoms with Gasteiger partial charge >= 0.3 is 0 Å². The summed E-state index contributed by atoms with van der Waals surface area (Å²) in [5, 5.41) is 15.0. The van der Waals surface area contributed by atoms with Crippen molar-refractivity contribution in [2.45, 2.75) is 19.8 Å². The number of hydrogen-bond donors (Lipinski definition) is 2. The number of hydrogen-bond acceptors (Lipinski definition) is 5. The molecule has 1 aromatic heterocycles. The number of ether oxygens (including phenoxy) is 1. The number of unbranched alkanes of at least 4 members (excludes halogenated alkanes) is 1. The molecular formula is C22H29N3O2. The largest absolute Gasteiger partial charge is 0.497 e. The van der Waals surface area contributed by atoms with E-state index in [0.717, 1.165) is 72.3 Å². The summed E-state index contributed by atoms with van der Waals surface area (Å²) < 4.78 is 5.41. The number of aliphatic hydroxyl groups excluding tert-OH is 1. The fourth-order valence-electron chi connectivity index (χ4n) is 3.43. The van der Waals surface area contributed by atoms with E-state index in [0.29, 0.717) is 0 Å². The second-order valence-electron chi connectivity index (χ2n) is 6.68. The van der Waals surface area contributed by atoms with Crippen LogP contribution < -0.4 is 10.1 Å². The van der Waals surface area contributed by atoms with Crippen molar-refractivity contribution >= 4 is 27.5 Å². The summed E-state index contributed by atoms with van der Waals surface area (Å²) in [5.74, 6) is 0.838. The Kier molecular flexibility index (Phi) is 6.85. The maximum absolute atomic E-state index is 9.09. The lowest BCUT2D eigenvalue weighted by Gasteiger charge is -2.19. The Balaban J connectivity index is 1.77. The Hall–Kier alpha value is -2.37. The minimum atomic E-state index is 0.225. The van der Waals surface area contributed by atoms with Gasteiger partial charge in [0.1, 0.15) is 5.75 Å². The summed E-state index contributed by atoms with van der Waals surface area (Å²) >= 11 is 0. The number of fused-ring (bicyclic) bond motifs is 2. The summed E-state index contributed by atoms with van der Waals surface area (Å²) in [6.45, 7) is 6.01. The molecule has 27 heavy (non-hydrogen) atoms. The molecule has 0 aliphatic carbocycles. The van der Waals surface area contributed by atoms with Crippen LogP contribution in [0.3, 0.4) is 0 Å². The van der Waals surface area contributed by atoms with Crippen molar-refractivity contribution in [3.05, 3.63) is 42.5 Å². The summed E-state index contributed by atoms with van der Waals surface area (Å²) in [6, 6.07) is 14.3. The van der Waals surface area contributed by atoms with E-state index in [2.05, 4.69) is 41.4 Å². The van der Waals surface area contributed by atoms with Gasteiger partial charge in [0.15, 0.2) is 0 Å². The lowest BCUT2D eigenvalue weighted by Crippen LogP contribution is -2.27. The highest BCUT2D eigenvalue weighted by Gasteiger charge is 2.10. The standard InChI is InChI=1S/C22H29N3O2/c1-3-25(14-15-26)13-7-6-12-23-22-18-8-4-5-9-20(18)24-21-11-10-17(27-2)16-19(21)22/h4-5,8-11,16,26H,3,6-7,12-15H2,1-2H3,(H,23,24). The molecule has 0 saturated heterocycles. The molecule has 5 nitrogen and oxygen atoms in total. The Morgan fingerprint density at radius 2 is 1.85 bits per heavy atom. The van der Waals surface area contributed by atoms with Crippen molar-refractivity contribution < 1.29 is 9.84 Å². The zero-order chi connectivity index (χ0) is 19.1. The Labute approximate surface area is 161 Å². The molecule has 0 radical (unpaired) electrons. The predicted molar refractivity (Wildman–Crippen MR) is 113 cm³/mol. The van der Waals surface area contributed by atoms with E-state index >= 15 is 0 Å². The normalized spacial score (nSPS) is 11.4. The molecular weight excluding hydrogens is 338 g/mol. The summed E-state index contributed by atoms with van der Waals surface area (Å²) in [7, 11) is 1.69. The molecule has 0 aliphatic rings. The topological polar surface area (TPSA) is 57.6 Å². The van der Waals surface area contributed by atoms with Gasteiger partial charge in [0.25, 0.3) is 0 Å². The molecule has 0 bridgehead atoms. The molecule has 0 fully saturated rings. The van der Waals surface area contributed by atoms with Gasteiger partial charge in [-0.2, -0.15) is 0 Å². The number of nitrogens with zero attached hydrogens (tertiary/aromatic N) is 2. The number of pyridine rings is 1. The molecule has 2 N–H and O–H groups in total. The molecule has 3 rings (SSSR count). The first-order valence-corrected chi connectivity index (χ1v) is 9.70. The van der Waals surface area contributed by atoms with Crippen LogP contribution in [0.1, 0.15) is 19.8 Å². The van der Waals surface area contributed by atoms with E-state index in [4.69, 9.17) is 14.8 Å². The first-order chi connectivity index (χ1) is 13.3. The number of nitrogens with one attached hydrogen (secondary N) is 1. The van der Waals surface area contributed by atoms with Gasteiger partial charge in [-0.3, -0.25) is 0 Å². The van der Waals surface area contributed by atoms with Crippen LogP contribution in [0.5, 0.6) is 5.75 Å². The van der Waals surface area contributed by atoms with Gasteiger partial charge in [0.2, 0.25) is 0 Å². The highest BCUT2D eigenvalue weighted by molar-refractivity contribution is 6.07. The molecule has 3 aromatic rings. The minimum absolute atomic E-state index is 0.225. The van der Waals surface area contributed by atoms with E-state index in [1.54, 1.807) is 7.11 Å². The monoisotopic (exact) mass is 367 g/mol. The van der Waals surface area contributed by atoms with Gasteiger partial charge < -0.3 is 20.1 Å². The number of likely N-dealkylation sites (N-methyl/N-ethyl adjacent to an activating group) is 1. The van der Waals surface area contributed by atoms with Crippen LogP contribution in [0, 0.1) is 0 Å². The SMILES string of the molecule is CCN(CCO)CCCCNc1c2ccccc2nc2ccc(OC)cc12. The van der Waals surface area contributed by atoms with Crippen molar-refractivity contribution in [3.8, 4) is 5.75 Å². The number of rotatable bonds is 10. The van der Waals surface area contributed by atoms with Gasteiger partial charge in [-0.05, 0) is 50.2 Å². The summed E-state index contributed by atoms with van der Waals surface area (Å²) in [6.07, 6.45) is 2.18. The molecule has 0 spiro atoms. The van der Waals surface area contributed by atoms with Crippen LogP contribution >= 0.6 is 0 Å². The van der Waals surface area contributed by atoms with E-state index in [9.17, 15) is 0 Å². The molecule has 0 atom stereocenters. The molecule has 0 saturated carbocycles. The van der Waals surface area contributed by atoms with E-state index < -0.39 is 0 Å². The molecule has 0 aliphatic heterocycles. The predicted octanol–water partition coefficient (Wildman–Crippen LogP) is 3.90. The van der Waals surface area contributed by atoms with Gasteiger partial charge in [0.05, 0.1) is 30.4 Å². The van der Waals surface area contributed by atoms with Crippen molar-refractivity contribution in [2.24, 2.45) is 0 Å². The van der Waals surface area contributed by atoms with E-state index in [1.807, 2.05) is 18.2 Å². The number of benzene rings is 2. The van der Waals surface area contributed by atoms with Crippen LogP contribution in [-0.4, -0.2) is 54.9 Å². The van der Waals surface area contributed by atoms with Crippen LogP contribution in [-0.2, 0) is 0 Å². The summed E-state index contributed by atoms with van der Waals surface area (Å²) in [5.41, 5.74) is 3.09. The lowest BCUT2D eigenvalue weighted by atomic mass is 10.1. The molecule has 144 valence electrons. The van der Waals surface area contributed by atoms with Gasteiger partial charge in [0, 0.05) is 23.9 Å². The maximum atomic E-state index is 9.09. The molecule has 1 heterocycles. The fourth-order valence-corrected chi connectivity index (χ4v) is 3.43. The van der Waals surface area contributed by atoms with E-state index in [1.165, 1.54) is 0 Å².